The minimum atomic E-state index is -0.953. The predicted octanol–water partition coefficient (Wildman–Crippen LogP) is 2.28. The van der Waals surface area contributed by atoms with Crippen molar-refractivity contribution >= 4 is 17.6 Å². The van der Waals surface area contributed by atoms with Crippen LogP contribution in [0.4, 0.5) is 0 Å². The number of nitrogens with zero attached hydrogens (tertiary/aromatic N) is 1. The van der Waals surface area contributed by atoms with Gasteiger partial charge in [0.1, 0.15) is 0 Å². The van der Waals surface area contributed by atoms with Gasteiger partial charge in [0, 0.05) is 6.54 Å². The van der Waals surface area contributed by atoms with Gasteiger partial charge < -0.3 is 10.4 Å². The van der Waals surface area contributed by atoms with E-state index in [-0.39, 0.29) is 5.56 Å². The Kier molecular flexibility index (Phi) is 3.88. The summed E-state index contributed by atoms with van der Waals surface area (Å²) in [6, 6.07) is 0. The van der Waals surface area contributed by atoms with Gasteiger partial charge in [-0.1, -0.05) is 25.4 Å². The van der Waals surface area contributed by atoms with E-state index in [0.29, 0.717) is 36.0 Å². The second-order valence-electron chi connectivity index (χ2n) is 5.00. The summed E-state index contributed by atoms with van der Waals surface area (Å²) in [5.41, 5.74) is 2.57. The van der Waals surface area contributed by atoms with Gasteiger partial charge in [-0.2, -0.15) is 0 Å². The van der Waals surface area contributed by atoms with Gasteiger partial charge in [0.25, 0.3) is 0 Å². The number of rotatable bonds is 3. The summed E-state index contributed by atoms with van der Waals surface area (Å²) < 4.78 is 0. The molecule has 98 valence electrons. The third-order valence-electron chi connectivity index (χ3n) is 3.05. The first-order valence-electron chi connectivity index (χ1n) is 6.14. The van der Waals surface area contributed by atoms with Crippen molar-refractivity contribution in [2.45, 2.75) is 33.2 Å². The molecule has 0 amide bonds. The van der Waals surface area contributed by atoms with Crippen LogP contribution in [-0.2, 0) is 19.4 Å². The number of fused-ring (bicyclic) bond motifs is 1. The number of carbonyl (C=O) groups is 1. The van der Waals surface area contributed by atoms with Gasteiger partial charge in [-0.25, -0.2) is 4.79 Å². The van der Waals surface area contributed by atoms with Crippen LogP contribution in [0.1, 0.15) is 41.2 Å². The average molecular weight is 269 g/mol. The third-order valence-corrected chi connectivity index (χ3v) is 3.46. The van der Waals surface area contributed by atoms with E-state index in [1.807, 2.05) is 0 Å². The number of hydrogen-bond acceptors (Lipinski definition) is 3. The van der Waals surface area contributed by atoms with E-state index in [1.54, 1.807) is 0 Å². The first kappa shape index (κ1) is 13.3. The molecule has 0 unspecified atom stereocenters. The Morgan fingerprint density at radius 2 is 2.28 bits per heavy atom. The number of aromatic carboxylic acids is 1. The summed E-state index contributed by atoms with van der Waals surface area (Å²) in [4.78, 5) is 15.9. The molecule has 1 aromatic heterocycles. The van der Waals surface area contributed by atoms with Crippen LogP contribution in [0.25, 0.3) is 0 Å². The fraction of sp³-hybridized carbons (Fsp3) is 0.538. The maximum atomic E-state index is 11.4. The standard InChI is InChI=1S/C13H17ClN2O2/c1-7(2)5-9-12(14)11(13(17)18)8-3-4-15-6-10(8)16-9/h7,15H,3-6H2,1-2H3,(H,17,18). The van der Waals surface area contributed by atoms with E-state index >= 15 is 0 Å². The molecule has 5 heteroatoms. The highest BCUT2D eigenvalue weighted by atomic mass is 35.5. The maximum absolute atomic E-state index is 11.4. The van der Waals surface area contributed by atoms with Crippen LogP contribution < -0.4 is 5.32 Å². The zero-order chi connectivity index (χ0) is 13.3. The monoisotopic (exact) mass is 268 g/mol. The van der Waals surface area contributed by atoms with Gasteiger partial charge >= 0.3 is 5.97 Å². The lowest BCUT2D eigenvalue weighted by Gasteiger charge is -2.21. The molecule has 2 heterocycles. The van der Waals surface area contributed by atoms with E-state index in [4.69, 9.17) is 11.6 Å². The van der Waals surface area contributed by atoms with E-state index in [9.17, 15) is 9.90 Å². The van der Waals surface area contributed by atoms with Gasteiger partial charge in [0.15, 0.2) is 0 Å². The molecule has 0 aromatic carbocycles. The minimum absolute atomic E-state index is 0.249. The number of carboxylic acid groups (broad SMARTS) is 1. The van der Waals surface area contributed by atoms with Crippen molar-refractivity contribution in [3.05, 3.63) is 27.5 Å². The lowest BCUT2D eigenvalue weighted by molar-refractivity contribution is 0.0695. The van der Waals surface area contributed by atoms with Crippen molar-refractivity contribution in [1.82, 2.24) is 10.3 Å². The molecule has 0 spiro atoms. The molecule has 0 fully saturated rings. The number of halogens is 1. The van der Waals surface area contributed by atoms with Gasteiger partial charge in [-0.05, 0) is 30.9 Å². The molecular weight excluding hydrogens is 252 g/mol. The molecule has 2 N–H and O–H groups in total. The number of hydrogen-bond donors (Lipinski definition) is 2. The number of carboxylic acids is 1. The molecule has 2 rings (SSSR count). The first-order chi connectivity index (χ1) is 8.50. The summed E-state index contributed by atoms with van der Waals surface area (Å²) in [6.45, 7) is 5.53. The molecule has 0 bridgehead atoms. The Balaban J connectivity index is 2.57. The first-order valence-corrected chi connectivity index (χ1v) is 6.52. The van der Waals surface area contributed by atoms with Crippen LogP contribution in [0.3, 0.4) is 0 Å². The summed E-state index contributed by atoms with van der Waals surface area (Å²) in [6.07, 6.45) is 1.37. The lowest BCUT2D eigenvalue weighted by Crippen LogP contribution is -2.27. The number of nitrogens with one attached hydrogen (secondary N) is 1. The molecule has 1 aromatic rings. The third kappa shape index (κ3) is 2.49. The molecule has 4 nitrogen and oxygen atoms in total. The fourth-order valence-corrected chi connectivity index (χ4v) is 2.60. The Bertz CT molecular complexity index is 486. The smallest absolute Gasteiger partial charge is 0.337 e. The molecule has 1 aliphatic heterocycles. The average Bonchev–Trinajstić information content (AvgIpc) is 2.29. The van der Waals surface area contributed by atoms with Crippen molar-refractivity contribution in [1.29, 1.82) is 0 Å². The number of pyridine rings is 1. The lowest BCUT2D eigenvalue weighted by atomic mass is 9.97. The van der Waals surface area contributed by atoms with Crippen molar-refractivity contribution in [2.24, 2.45) is 5.92 Å². The van der Waals surface area contributed by atoms with Gasteiger partial charge in [-0.15, -0.1) is 0 Å². The quantitative estimate of drug-likeness (QED) is 0.883. The number of aromatic nitrogens is 1. The fourth-order valence-electron chi connectivity index (χ4n) is 2.28. The summed E-state index contributed by atoms with van der Waals surface area (Å²) >= 11 is 6.22. The predicted molar refractivity (Wildman–Crippen MR) is 70.2 cm³/mol. The molecule has 0 atom stereocenters. The van der Waals surface area contributed by atoms with Crippen LogP contribution in [-0.4, -0.2) is 22.6 Å². The highest BCUT2D eigenvalue weighted by Gasteiger charge is 2.24. The van der Waals surface area contributed by atoms with E-state index in [2.05, 4.69) is 24.1 Å². The Morgan fingerprint density at radius 1 is 1.56 bits per heavy atom. The molecule has 0 aliphatic carbocycles. The second kappa shape index (κ2) is 5.24. The van der Waals surface area contributed by atoms with Gasteiger partial charge in [-0.3, -0.25) is 4.98 Å². The van der Waals surface area contributed by atoms with Crippen LogP contribution >= 0.6 is 11.6 Å². The minimum Gasteiger partial charge on any atom is -0.478 e. The summed E-state index contributed by atoms with van der Waals surface area (Å²) in [5, 5.41) is 12.9. The van der Waals surface area contributed by atoms with Crippen LogP contribution in [0.15, 0.2) is 0 Å². The Hall–Kier alpha value is -1.13. The Morgan fingerprint density at radius 3 is 2.89 bits per heavy atom. The maximum Gasteiger partial charge on any atom is 0.337 e. The van der Waals surface area contributed by atoms with Crippen molar-refractivity contribution in [3.8, 4) is 0 Å². The zero-order valence-corrected chi connectivity index (χ0v) is 11.3. The summed E-state index contributed by atoms with van der Waals surface area (Å²) in [7, 11) is 0. The van der Waals surface area contributed by atoms with Gasteiger partial charge in [0.2, 0.25) is 0 Å². The summed E-state index contributed by atoms with van der Waals surface area (Å²) in [5.74, 6) is -0.559. The molecule has 0 radical (unpaired) electrons. The van der Waals surface area contributed by atoms with Crippen LogP contribution in [0.5, 0.6) is 0 Å². The largest absolute Gasteiger partial charge is 0.478 e. The van der Waals surface area contributed by atoms with E-state index < -0.39 is 5.97 Å². The van der Waals surface area contributed by atoms with Crippen molar-refractivity contribution in [2.75, 3.05) is 6.54 Å². The van der Waals surface area contributed by atoms with Crippen LogP contribution in [0, 0.1) is 5.92 Å². The molecule has 0 saturated heterocycles. The molecular formula is C13H17ClN2O2. The Labute approximate surface area is 111 Å². The zero-order valence-electron chi connectivity index (χ0n) is 10.6. The van der Waals surface area contributed by atoms with Crippen molar-refractivity contribution in [3.63, 3.8) is 0 Å². The van der Waals surface area contributed by atoms with E-state index in [0.717, 1.165) is 17.8 Å². The van der Waals surface area contributed by atoms with E-state index in [1.165, 1.54) is 0 Å². The highest BCUT2D eigenvalue weighted by molar-refractivity contribution is 6.34. The second-order valence-corrected chi connectivity index (χ2v) is 5.38. The SMILES string of the molecule is CC(C)Cc1nc2c(c(C(=O)O)c1Cl)CCNC2. The van der Waals surface area contributed by atoms with Gasteiger partial charge in [0.05, 0.1) is 22.0 Å². The van der Waals surface area contributed by atoms with Crippen LogP contribution in [0.2, 0.25) is 5.02 Å². The molecule has 18 heavy (non-hydrogen) atoms. The van der Waals surface area contributed by atoms with Crippen molar-refractivity contribution < 1.29 is 9.90 Å². The molecule has 1 aliphatic rings. The molecule has 0 saturated carbocycles. The highest BCUT2D eigenvalue weighted by Crippen LogP contribution is 2.29. The topological polar surface area (TPSA) is 62.2 Å². The normalized spacial score (nSPS) is 14.7.